The number of benzene rings is 1. The minimum absolute atomic E-state index is 0.758. The zero-order valence-corrected chi connectivity index (χ0v) is 13.2. The Balaban J connectivity index is 1.83. The lowest BCUT2D eigenvalue weighted by Gasteiger charge is -2.28. The van der Waals surface area contributed by atoms with Gasteiger partial charge in [-0.05, 0) is 18.6 Å². The molecule has 1 aliphatic rings. The highest BCUT2D eigenvalue weighted by atomic mass is 16.5. The molecule has 3 aromatic rings. The van der Waals surface area contributed by atoms with E-state index in [-0.39, 0.29) is 0 Å². The number of fused-ring (bicyclic) bond motifs is 1. The summed E-state index contributed by atoms with van der Waals surface area (Å²) in [6.45, 7) is 5.41. The van der Waals surface area contributed by atoms with E-state index in [1.54, 1.807) is 0 Å². The van der Waals surface area contributed by atoms with E-state index in [1.165, 1.54) is 0 Å². The molecular weight excluding hydrogens is 288 g/mol. The van der Waals surface area contributed by atoms with Crippen molar-refractivity contribution in [2.24, 2.45) is 0 Å². The van der Waals surface area contributed by atoms with Crippen molar-refractivity contribution in [1.29, 1.82) is 0 Å². The maximum Gasteiger partial charge on any atom is 0.162 e. The summed E-state index contributed by atoms with van der Waals surface area (Å²) in [4.78, 5) is 15.2. The number of nitrogens with zero attached hydrogens (tertiary/aromatic N) is 3. The van der Waals surface area contributed by atoms with Gasteiger partial charge >= 0.3 is 0 Å². The molecule has 1 saturated heterocycles. The molecule has 118 valence electrons. The molecule has 2 aromatic heterocycles. The summed E-state index contributed by atoms with van der Waals surface area (Å²) in [6, 6.07) is 10.4. The molecule has 0 aliphatic carbocycles. The van der Waals surface area contributed by atoms with Gasteiger partial charge in [-0.15, -0.1) is 0 Å². The van der Waals surface area contributed by atoms with E-state index in [0.29, 0.717) is 0 Å². The van der Waals surface area contributed by atoms with Crippen molar-refractivity contribution in [1.82, 2.24) is 15.0 Å². The van der Waals surface area contributed by atoms with Crippen LogP contribution in [-0.2, 0) is 11.2 Å². The summed E-state index contributed by atoms with van der Waals surface area (Å²) >= 11 is 0. The van der Waals surface area contributed by atoms with Gasteiger partial charge in [0.25, 0.3) is 0 Å². The number of morpholine rings is 1. The number of aryl methyl sites for hydroxylation is 1. The Morgan fingerprint density at radius 2 is 2.04 bits per heavy atom. The zero-order chi connectivity index (χ0) is 15.6. The molecule has 0 atom stereocenters. The van der Waals surface area contributed by atoms with Gasteiger partial charge in [0.05, 0.1) is 13.2 Å². The molecule has 0 spiro atoms. The second kappa shape index (κ2) is 6.01. The Bertz CT molecular complexity index is 821. The van der Waals surface area contributed by atoms with Gasteiger partial charge in [0.2, 0.25) is 0 Å². The topological polar surface area (TPSA) is 54.0 Å². The number of nitrogens with one attached hydrogen (secondary N) is 1. The summed E-state index contributed by atoms with van der Waals surface area (Å²) in [7, 11) is 0. The van der Waals surface area contributed by atoms with Gasteiger partial charge in [0, 0.05) is 47.5 Å². The van der Waals surface area contributed by atoms with Crippen LogP contribution in [0.2, 0.25) is 0 Å². The summed E-state index contributed by atoms with van der Waals surface area (Å²) in [5, 5.41) is 1.16. The highest BCUT2D eigenvalue weighted by molar-refractivity contribution is 5.93. The molecule has 0 radical (unpaired) electrons. The van der Waals surface area contributed by atoms with Gasteiger partial charge in [-0.1, -0.05) is 19.1 Å². The first-order valence-corrected chi connectivity index (χ1v) is 8.12. The maximum absolute atomic E-state index is 5.45. The van der Waals surface area contributed by atoms with E-state index in [4.69, 9.17) is 14.7 Å². The second-order valence-corrected chi connectivity index (χ2v) is 5.74. The lowest BCUT2D eigenvalue weighted by Crippen LogP contribution is -2.37. The van der Waals surface area contributed by atoms with Crippen LogP contribution in [0.1, 0.15) is 12.6 Å². The van der Waals surface area contributed by atoms with Gasteiger partial charge in [-0.2, -0.15) is 0 Å². The van der Waals surface area contributed by atoms with Crippen LogP contribution in [0, 0.1) is 0 Å². The summed E-state index contributed by atoms with van der Waals surface area (Å²) < 4.78 is 5.45. The molecule has 0 bridgehead atoms. The van der Waals surface area contributed by atoms with Crippen molar-refractivity contribution in [3.05, 3.63) is 42.2 Å². The number of H-pyrrole nitrogens is 1. The third-order valence-electron chi connectivity index (χ3n) is 4.30. The van der Waals surface area contributed by atoms with Crippen LogP contribution in [0.25, 0.3) is 22.3 Å². The van der Waals surface area contributed by atoms with E-state index >= 15 is 0 Å². The van der Waals surface area contributed by atoms with Crippen molar-refractivity contribution >= 4 is 16.7 Å². The summed E-state index contributed by atoms with van der Waals surface area (Å²) in [6.07, 6.45) is 2.86. The minimum atomic E-state index is 0.758. The van der Waals surface area contributed by atoms with Crippen LogP contribution >= 0.6 is 0 Å². The van der Waals surface area contributed by atoms with Crippen molar-refractivity contribution in [3.63, 3.8) is 0 Å². The number of rotatable bonds is 3. The molecule has 0 amide bonds. The van der Waals surface area contributed by atoms with Crippen molar-refractivity contribution < 1.29 is 4.74 Å². The number of ether oxygens (including phenoxy) is 1. The molecule has 4 rings (SSSR count). The smallest absolute Gasteiger partial charge is 0.162 e. The van der Waals surface area contributed by atoms with Gasteiger partial charge in [0.1, 0.15) is 5.82 Å². The predicted molar refractivity (Wildman–Crippen MR) is 91.7 cm³/mol. The lowest BCUT2D eigenvalue weighted by atomic mass is 10.1. The SMILES string of the molecule is CCc1cc(N2CCOCC2)nc(-c2cccc3[nH]ccc23)n1. The first kappa shape index (κ1) is 14.2. The summed E-state index contributed by atoms with van der Waals surface area (Å²) in [5.41, 5.74) is 3.26. The van der Waals surface area contributed by atoms with Crippen molar-refractivity contribution in [2.75, 3.05) is 31.2 Å². The molecule has 0 saturated carbocycles. The van der Waals surface area contributed by atoms with Gasteiger partial charge in [0.15, 0.2) is 5.82 Å². The van der Waals surface area contributed by atoms with E-state index < -0.39 is 0 Å². The number of anilines is 1. The Hall–Kier alpha value is -2.40. The van der Waals surface area contributed by atoms with Crippen molar-refractivity contribution in [3.8, 4) is 11.4 Å². The zero-order valence-electron chi connectivity index (χ0n) is 13.2. The minimum Gasteiger partial charge on any atom is -0.378 e. The second-order valence-electron chi connectivity index (χ2n) is 5.74. The quantitative estimate of drug-likeness (QED) is 0.808. The third-order valence-corrected chi connectivity index (χ3v) is 4.30. The van der Waals surface area contributed by atoms with Crippen LogP contribution < -0.4 is 4.90 Å². The maximum atomic E-state index is 5.45. The van der Waals surface area contributed by atoms with Crippen LogP contribution in [0.3, 0.4) is 0 Å². The number of aromatic nitrogens is 3. The Morgan fingerprint density at radius 3 is 2.87 bits per heavy atom. The standard InChI is InChI=1S/C18H20N4O/c1-2-13-12-17(22-8-10-23-11-9-22)21-18(20-13)15-4-3-5-16-14(15)6-7-19-16/h3-7,12,19H,2,8-11H2,1H3. The average Bonchev–Trinajstić information content (AvgIpc) is 3.10. The fourth-order valence-corrected chi connectivity index (χ4v) is 3.02. The number of hydrogen-bond donors (Lipinski definition) is 1. The molecule has 1 aromatic carbocycles. The monoisotopic (exact) mass is 308 g/mol. The average molecular weight is 308 g/mol. The Morgan fingerprint density at radius 1 is 1.17 bits per heavy atom. The van der Waals surface area contributed by atoms with Gasteiger partial charge < -0.3 is 14.6 Å². The van der Waals surface area contributed by atoms with Crippen LogP contribution in [-0.4, -0.2) is 41.3 Å². The van der Waals surface area contributed by atoms with Crippen LogP contribution in [0.5, 0.6) is 0 Å². The molecule has 1 aliphatic heterocycles. The van der Waals surface area contributed by atoms with E-state index in [9.17, 15) is 0 Å². The fraction of sp³-hybridized carbons (Fsp3) is 0.333. The Kier molecular flexibility index (Phi) is 3.71. The molecule has 5 heteroatoms. The van der Waals surface area contributed by atoms with E-state index in [0.717, 1.165) is 66.5 Å². The van der Waals surface area contributed by atoms with E-state index in [1.807, 2.05) is 12.3 Å². The number of aromatic amines is 1. The Labute approximate surface area is 135 Å². The largest absolute Gasteiger partial charge is 0.378 e. The highest BCUT2D eigenvalue weighted by Gasteiger charge is 2.16. The fourth-order valence-electron chi connectivity index (χ4n) is 3.02. The molecule has 23 heavy (non-hydrogen) atoms. The molecule has 1 N–H and O–H groups in total. The lowest BCUT2D eigenvalue weighted by molar-refractivity contribution is 0.122. The van der Waals surface area contributed by atoms with Crippen molar-refractivity contribution in [2.45, 2.75) is 13.3 Å². The predicted octanol–water partition coefficient (Wildman–Crippen LogP) is 3.02. The molecule has 5 nitrogen and oxygen atoms in total. The molecule has 3 heterocycles. The van der Waals surface area contributed by atoms with E-state index in [2.05, 4.69) is 41.1 Å². The molecule has 1 fully saturated rings. The van der Waals surface area contributed by atoms with Gasteiger partial charge in [-0.3, -0.25) is 0 Å². The first-order valence-electron chi connectivity index (χ1n) is 8.12. The molecule has 0 unspecified atom stereocenters. The third kappa shape index (κ3) is 2.68. The van der Waals surface area contributed by atoms with Crippen LogP contribution in [0.4, 0.5) is 5.82 Å². The first-order chi connectivity index (χ1) is 11.3. The highest BCUT2D eigenvalue weighted by Crippen LogP contribution is 2.27. The molecular formula is C18H20N4O. The summed E-state index contributed by atoms with van der Waals surface area (Å²) in [5.74, 6) is 1.80. The van der Waals surface area contributed by atoms with Crippen LogP contribution in [0.15, 0.2) is 36.5 Å². The number of hydrogen-bond acceptors (Lipinski definition) is 4. The normalized spacial score (nSPS) is 15.3. The van der Waals surface area contributed by atoms with Gasteiger partial charge in [-0.25, -0.2) is 9.97 Å².